The molecule has 0 aliphatic carbocycles. The topological polar surface area (TPSA) is 18.5 Å². The van der Waals surface area contributed by atoms with E-state index in [4.69, 9.17) is 9.47 Å². The van der Waals surface area contributed by atoms with Crippen LogP contribution in [0.25, 0.3) is 0 Å². The number of hydrogen-bond donors (Lipinski definition) is 0. The number of ether oxygens (including phenoxy) is 2. The lowest BCUT2D eigenvalue weighted by atomic mass is 10.1. The first-order chi connectivity index (χ1) is 22.8. The second-order valence-electron chi connectivity index (χ2n) is 11.3. The van der Waals surface area contributed by atoms with E-state index in [9.17, 15) is 0 Å². The van der Waals surface area contributed by atoms with Crippen molar-refractivity contribution in [2.45, 2.75) is 51.2 Å². The Bertz CT molecular complexity index is 1540. The fourth-order valence-electron chi connectivity index (χ4n) is 5.48. The smallest absolute Gasteiger partial charge is 0.213 e. The molecule has 1 aliphatic rings. The van der Waals surface area contributed by atoms with Crippen LogP contribution in [0.5, 0.6) is 5.75 Å². The van der Waals surface area contributed by atoms with Crippen molar-refractivity contribution < 1.29 is 9.47 Å². The van der Waals surface area contributed by atoms with Gasteiger partial charge >= 0.3 is 0 Å². The molecule has 0 unspecified atom stereocenters. The number of benzene rings is 5. The van der Waals surface area contributed by atoms with Gasteiger partial charge in [0.15, 0.2) is 0 Å². The molecule has 0 bridgehead atoms. The van der Waals surface area contributed by atoms with Crippen molar-refractivity contribution in [2.24, 2.45) is 0 Å². The normalized spacial score (nSPS) is 21.1. The van der Waals surface area contributed by atoms with E-state index >= 15 is 0 Å². The van der Waals surface area contributed by atoms with Crippen molar-refractivity contribution in [3.63, 3.8) is 0 Å². The first-order valence-corrected chi connectivity index (χ1v) is 20.1. The summed E-state index contributed by atoms with van der Waals surface area (Å²) in [6, 6.07) is 53.5. The van der Waals surface area contributed by atoms with Gasteiger partial charge in [0.2, 0.25) is 6.29 Å². The zero-order valence-electron chi connectivity index (χ0n) is 25.8. The maximum atomic E-state index is 7.11. The molecule has 2 nitrogen and oxygen atoms in total. The van der Waals surface area contributed by atoms with Crippen LogP contribution >= 0.6 is 47.0 Å². The average molecular weight is 681 g/mol. The van der Waals surface area contributed by atoms with Crippen LogP contribution in [-0.4, -0.2) is 33.9 Å². The highest BCUT2D eigenvalue weighted by molar-refractivity contribution is 8.05. The van der Waals surface area contributed by atoms with Gasteiger partial charge in [0.05, 0.1) is 11.4 Å². The standard InChI is InChI=1S/C40H40O2S4/c1-6-16-31(17-7-1)26-43-30-36-37(44-27-32-18-8-2-9-19-32)38(45-28-33-20-10-3-11-21-33)39(46-29-34-22-12-4-13-23-34)40(42-36)41-35-24-14-5-15-25-35/h1-25,36-40H,26-30H2/t36-,37-,38-,39-,40+/m1/s1. The van der Waals surface area contributed by atoms with Gasteiger partial charge in [-0.05, 0) is 34.4 Å². The van der Waals surface area contributed by atoms with Gasteiger partial charge in [-0.3, -0.25) is 0 Å². The van der Waals surface area contributed by atoms with Crippen LogP contribution in [0.3, 0.4) is 0 Å². The summed E-state index contributed by atoms with van der Waals surface area (Å²) in [5.74, 6) is 5.56. The first kappa shape index (κ1) is 33.2. The van der Waals surface area contributed by atoms with Crippen LogP contribution in [0.2, 0.25) is 0 Å². The second kappa shape index (κ2) is 18.0. The van der Waals surface area contributed by atoms with Crippen molar-refractivity contribution >= 4 is 47.0 Å². The lowest BCUT2D eigenvalue weighted by Gasteiger charge is -2.46. The van der Waals surface area contributed by atoms with Gasteiger partial charge in [-0.2, -0.15) is 23.5 Å². The Labute approximate surface area is 291 Å². The van der Waals surface area contributed by atoms with E-state index < -0.39 is 0 Å². The Morgan fingerprint density at radius 1 is 0.435 bits per heavy atom. The molecule has 0 aromatic heterocycles. The molecule has 1 saturated heterocycles. The molecule has 5 atom stereocenters. The van der Waals surface area contributed by atoms with Gasteiger partial charge in [0, 0.05) is 39.3 Å². The minimum atomic E-state index is -0.361. The molecule has 236 valence electrons. The third-order valence-corrected chi connectivity index (χ3v) is 13.6. The molecule has 46 heavy (non-hydrogen) atoms. The average Bonchev–Trinajstić information content (AvgIpc) is 3.12. The highest BCUT2D eigenvalue weighted by Gasteiger charge is 2.47. The monoisotopic (exact) mass is 680 g/mol. The summed E-state index contributed by atoms with van der Waals surface area (Å²) in [5, 5.41) is 0.742. The summed E-state index contributed by atoms with van der Waals surface area (Å²) in [5.41, 5.74) is 5.38. The van der Waals surface area contributed by atoms with Gasteiger partial charge in [0.1, 0.15) is 5.75 Å². The summed E-state index contributed by atoms with van der Waals surface area (Å²) < 4.78 is 13.9. The van der Waals surface area contributed by atoms with E-state index in [0.717, 1.165) is 34.5 Å². The highest BCUT2D eigenvalue weighted by Crippen LogP contribution is 2.46. The summed E-state index contributed by atoms with van der Waals surface area (Å²) in [6.07, 6.45) is -0.321. The Kier molecular flexibility index (Phi) is 13.0. The molecule has 1 fully saturated rings. The molecule has 0 N–H and O–H groups in total. The Morgan fingerprint density at radius 2 is 0.826 bits per heavy atom. The van der Waals surface area contributed by atoms with Gasteiger partial charge < -0.3 is 9.47 Å². The molecule has 0 saturated carbocycles. The first-order valence-electron chi connectivity index (χ1n) is 15.8. The fraction of sp³-hybridized carbons (Fsp3) is 0.250. The van der Waals surface area contributed by atoms with Crippen molar-refractivity contribution in [1.82, 2.24) is 0 Å². The molecule has 0 amide bonds. The molecule has 1 aliphatic heterocycles. The third-order valence-electron chi connectivity index (χ3n) is 7.84. The zero-order chi connectivity index (χ0) is 31.2. The van der Waals surface area contributed by atoms with Gasteiger partial charge in [0.25, 0.3) is 0 Å². The van der Waals surface area contributed by atoms with Crippen LogP contribution in [0.15, 0.2) is 152 Å². The van der Waals surface area contributed by atoms with E-state index in [-0.39, 0.29) is 17.6 Å². The minimum Gasteiger partial charge on any atom is -0.464 e. The summed E-state index contributed by atoms with van der Waals surface area (Å²) in [6.45, 7) is 0. The quantitative estimate of drug-likeness (QED) is 0.109. The Balaban J connectivity index is 1.31. The number of thioether (sulfide) groups is 4. The molecule has 5 aromatic rings. The van der Waals surface area contributed by atoms with Gasteiger partial charge in [-0.1, -0.05) is 140 Å². The Morgan fingerprint density at radius 3 is 1.30 bits per heavy atom. The molecular weight excluding hydrogens is 641 g/mol. The zero-order valence-corrected chi connectivity index (χ0v) is 29.1. The van der Waals surface area contributed by atoms with E-state index in [1.165, 1.54) is 22.3 Å². The van der Waals surface area contributed by atoms with Crippen LogP contribution < -0.4 is 4.74 Å². The van der Waals surface area contributed by atoms with Gasteiger partial charge in [-0.25, -0.2) is 0 Å². The van der Waals surface area contributed by atoms with E-state index in [0.29, 0.717) is 10.5 Å². The lowest BCUT2D eigenvalue weighted by molar-refractivity contribution is -0.130. The molecule has 0 spiro atoms. The van der Waals surface area contributed by atoms with Gasteiger partial charge in [-0.15, -0.1) is 23.5 Å². The van der Waals surface area contributed by atoms with Crippen molar-refractivity contribution in [3.8, 4) is 5.75 Å². The fourth-order valence-corrected chi connectivity index (χ4v) is 11.5. The van der Waals surface area contributed by atoms with Crippen molar-refractivity contribution in [3.05, 3.63) is 174 Å². The van der Waals surface area contributed by atoms with Crippen LogP contribution in [-0.2, 0) is 27.7 Å². The van der Waals surface area contributed by atoms with E-state index in [2.05, 4.69) is 145 Å². The maximum Gasteiger partial charge on any atom is 0.213 e. The highest BCUT2D eigenvalue weighted by atomic mass is 32.2. The minimum absolute atomic E-state index is 0.0398. The summed E-state index contributed by atoms with van der Waals surface area (Å²) in [4.78, 5) is 0. The SMILES string of the molecule is c1ccc(CSC[C@H]2O[C@H](Oc3ccccc3)[C@H](SCc3ccccc3)[C@H](SCc3ccccc3)[C@@H]2SCc2ccccc2)cc1. The number of rotatable bonds is 15. The molecule has 0 radical (unpaired) electrons. The number of hydrogen-bond acceptors (Lipinski definition) is 6. The predicted molar refractivity (Wildman–Crippen MR) is 203 cm³/mol. The van der Waals surface area contributed by atoms with Crippen molar-refractivity contribution in [1.29, 1.82) is 0 Å². The molecule has 6 heteroatoms. The van der Waals surface area contributed by atoms with Crippen LogP contribution in [0.1, 0.15) is 22.3 Å². The molecule has 6 rings (SSSR count). The Hall–Kier alpha value is -2.74. The summed E-state index contributed by atoms with van der Waals surface area (Å²) in [7, 11) is 0. The van der Waals surface area contributed by atoms with Crippen LogP contribution in [0, 0.1) is 0 Å². The van der Waals surface area contributed by atoms with Crippen molar-refractivity contribution in [2.75, 3.05) is 5.75 Å². The second-order valence-corrected chi connectivity index (χ2v) is 15.8. The predicted octanol–water partition coefficient (Wildman–Crippen LogP) is 10.6. The lowest BCUT2D eigenvalue weighted by Crippen LogP contribution is -2.56. The van der Waals surface area contributed by atoms with E-state index in [1.807, 2.05) is 53.9 Å². The van der Waals surface area contributed by atoms with E-state index in [1.54, 1.807) is 0 Å². The third kappa shape index (κ3) is 9.88. The number of para-hydroxylation sites is 1. The molecule has 5 aromatic carbocycles. The molecule has 1 heterocycles. The largest absolute Gasteiger partial charge is 0.464 e. The molecular formula is C40H40O2S4. The maximum absolute atomic E-state index is 7.11. The summed E-state index contributed by atoms with van der Waals surface area (Å²) >= 11 is 8.07. The van der Waals surface area contributed by atoms with Crippen LogP contribution in [0.4, 0.5) is 0 Å².